The third-order valence-electron chi connectivity index (χ3n) is 2.23. The molecule has 0 N–H and O–H groups in total. The number of carbonyl (C=O) groups is 2. The van der Waals surface area contributed by atoms with Crippen LogP contribution in [0.2, 0.25) is 0 Å². The van der Waals surface area contributed by atoms with Crippen LogP contribution in [0.25, 0.3) is 0 Å². The molecule has 0 aliphatic heterocycles. The first-order valence-electron chi connectivity index (χ1n) is 6.96. The number of esters is 2. The summed E-state index contributed by atoms with van der Waals surface area (Å²) in [5.74, 6) is -0.500. The van der Waals surface area contributed by atoms with Gasteiger partial charge in [-0.05, 0) is 26.7 Å². The van der Waals surface area contributed by atoms with Crippen LogP contribution >= 0.6 is 0 Å². The molecule has 0 atom stereocenters. The molecular weight excluding hydrogens is 248 g/mol. The second kappa shape index (κ2) is 10.8. The SMILES string of the molecule is CCCC(=O)OCC(COC(=O)CCC)OC(C)C. The molecule has 0 amide bonds. The Labute approximate surface area is 115 Å². The lowest BCUT2D eigenvalue weighted by molar-refractivity contribution is -0.157. The average molecular weight is 274 g/mol. The van der Waals surface area contributed by atoms with Gasteiger partial charge >= 0.3 is 11.9 Å². The third-order valence-corrected chi connectivity index (χ3v) is 2.23. The molecule has 0 aliphatic carbocycles. The summed E-state index contributed by atoms with van der Waals surface area (Å²) in [5.41, 5.74) is 0. The Morgan fingerprint density at radius 3 is 1.63 bits per heavy atom. The van der Waals surface area contributed by atoms with Crippen LogP contribution in [-0.2, 0) is 23.8 Å². The van der Waals surface area contributed by atoms with E-state index in [1.807, 2.05) is 27.7 Å². The Balaban J connectivity index is 4.08. The fraction of sp³-hybridized carbons (Fsp3) is 0.857. The molecule has 5 heteroatoms. The predicted molar refractivity (Wildman–Crippen MR) is 71.7 cm³/mol. The molecule has 0 heterocycles. The Bertz CT molecular complexity index is 241. The van der Waals surface area contributed by atoms with Crippen LogP contribution in [0.3, 0.4) is 0 Å². The molecule has 0 unspecified atom stereocenters. The van der Waals surface area contributed by atoms with Crippen LogP contribution < -0.4 is 0 Å². The van der Waals surface area contributed by atoms with Gasteiger partial charge in [0.1, 0.15) is 19.3 Å². The summed E-state index contributed by atoms with van der Waals surface area (Å²) in [6, 6.07) is 0. The maximum Gasteiger partial charge on any atom is 0.305 e. The van der Waals surface area contributed by atoms with Crippen LogP contribution in [0.1, 0.15) is 53.4 Å². The molecule has 0 radical (unpaired) electrons. The summed E-state index contributed by atoms with van der Waals surface area (Å²) in [6.07, 6.45) is 1.87. The molecule has 0 rings (SSSR count). The average Bonchev–Trinajstić information content (AvgIpc) is 2.33. The molecule has 0 aliphatic rings. The Morgan fingerprint density at radius 2 is 1.32 bits per heavy atom. The Hall–Kier alpha value is -1.10. The highest BCUT2D eigenvalue weighted by Gasteiger charge is 2.16. The molecule has 0 aromatic carbocycles. The number of hydrogen-bond acceptors (Lipinski definition) is 5. The van der Waals surface area contributed by atoms with Gasteiger partial charge in [0, 0.05) is 12.8 Å². The highest BCUT2D eigenvalue weighted by Crippen LogP contribution is 2.03. The molecule has 0 spiro atoms. The molecule has 0 saturated carbocycles. The lowest BCUT2D eigenvalue weighted by atomic mass is 10.3. The van der Waals surface area contributed by atoms with E-state index in [1.165, 1.54) is 0 Å². The van der Waals surface area contributed by atoms with Gasteiger partial charge in [-0.25, -0.2) is 0 Å². The second-order valence-electron chi connectivity index (χ2n) is 4.67. The van der Waals surface area contributed by atoms with E-state index in [2.05, 4.69) is 0 Å². The maximum atomic E-state index is 11.3. The van der Waals surface area contributed by atoms with E-state index in [4.69, 9.17) is 14.2 Å². The van der Waals surface area contributed by atoms with Crippen molar-refractivity contribution in [3.8, 4) is 0 Å². The fourth-order valence-electron chi connectivity index (χ4n) is 1.44. The van der Waals surface area contributed by atoms with Crippen molar-refractivity contribution in [3.63, 3.8) is 0 Å². The van der Waals surface area contributed by atoms with Gasteiger partial charge in [-0.1, -0.05) is 13.8 Å². The normalized spacial score (nSPS) is 10.8. The van der Waals surface area contributed by atoms with Crippen LogP contribution in [0.4, 0.5) is 0 Å². The fourth-order valence-corrected chi connectivity index (χ4v) is 1.44. The van der Waals surface area contributed by atoms with E-state index in [0.717, 1.165) is 12.8 Å². The van der Waals surface area contributed by atoms with E-state index >= 15 is 0 Å². The van der Waals surface area contributed by atoms with Crippen molar-refractivity contribution in [1.82, 2.24) is 0 Å². The minimum absolute atomic E-state index is 0.0141. The van der Waals surface area contributed by atoms with Crippen LogP contribution in [0, 0.1) is 0 Å². The highest BCUT2D eigenvalue weighted by atomic mass is 16.6. The summed E-state index contributed by atoms with van der Waals surface area (Å²) in [7, 11) is 0. The van der Waals surface area contributed by atoms with Crippen molar-refractivity contribution in [2.24, 2.45) is 0 Å². The molecule has 19 heavy (non-hydrogen) atoms. The first-order valence-corrected chi connectivity index (χ1v) is 6.96. The number of carbonyl (C=O) groups excluding carboxylic acids is 2. The van der Waals surface area contributed by atoms with Gasteiger partial charge in [0.15, 0.2) is 0 Å². The molecule has 0 bridgehead atoms. The largest absolute Gasteiger partial charge is 0.463 e. The summed E-state index contributed by atoms with van der Waals surface area (Å²) in [5, 5.41) is 0. The topological polar surface area (TPSA) is 61.8 Å². The number of rotatable bonds is 10. The Kier molecular flexibility index (Phi) is 10.2. The second-order valence-corrected chi connectivity index (χ2v) is 4.67. The zero-order valence-electron chi connectivity index (χ0n) is 12.4. The first-order chi connectivity index (χ1) is 8.99. The van der Waals surface area contributed by atoms with E-state index < -0.39 is 6.10 Å². The van der Waals surface area contributed by atoms with E-state index in [1.54, 1.807) is 0 Å². The zero-order chi connectivity index (χ0) is 14.7. The Morgan fingerprint density at radius 1 is 0.895 bits per heavy atom. The zero-order valence-corrected chi connectivity index (χ0v) is 12.4. The van der Waals surface area contributed by atoms with Gasteiger partial charge in [0.2, 0.25) is 0 Å². The van der Waals surface area contributed by atoms with Crippen LogP contribution in [0.5, 0.6) is 0 Å². The van der Waals surface area contributed by atoms with Gasteiger partial charge in [-0.3, -0.25) is 9.59 Å². The molecule has 0 aromatic rings. The smallest absolute Gasteiger partial charge is 0.305 e. The van der Waals surface area contributed by atoms with Gasteiger partial charge in [-0.15, -0.1) is 0 Å². The summed E-state index contributed by atoms with van der Waals surface area (Å²) < 4.78 is 15.7. The van der Waals surface area contributed by atoms with Crippen LogP contribution in [-0.4, -0.2) is 37.4 Å². The minimum atomic E-state index is -0.401. The molecule has 0 saturated heterocycles. The van der Waals surface area contributed by atoms with E-state index in [0.29, 0.717) is 12.8 Å². The van der Waals surface area contributed by atoms with Gasteiger partial charge < -0.3 is 14.2 Å². The summed E-state index contributed by atoms with van der Waals surface area (Å²) in [4.78, 5) is 22.6. The standard InChI is InChI=1S/C14H26O5/c1-5-7-13(15)17-9-12(19-11(3)4)10-18-14(16)8-6-2/h11-12H,5-10H2,1-4H3. The lowest BCUT2D eigenvalue weighted by Crippen LogP contribution is -2.30. The predicted octanol–water partition coefficient (Wildman–Crippen LogP) is 2.47. The summed E-state index contributed by atoms with van der Waals surface area (Å²) >= 11 is 0. The van der Waals surface area contributed by atoms with Crippen LogP contribution in [0.15, 0.2) is 0 Å². The molecule has 112 valence electrons. The summed E-state index contributed by atoms with van der Waals surface area (Å²) in [6.45, 7) is 7.84. The van der Waals surface area contributed by atoms with E-state index in [-0.39, 0.29) is 31.3 Å². The van der Waals surface area contributed by atoms with Gasteiger partial charge in [0.25, 0.3) is 0 Å². The van der Waals surface area contributed by atoms with Gasteiger partial charge in [-0.2, -0.15) is 0 Å². The monoisotopic (exact) mass is 274 g/mol. The first kappa shape index (κ1) is 17.9. The van der Waals surface area contributed by atoms with Crippen molar-refractivity contribution in [2.45, 2.75) is 65.6 Å². The van der Waals surface area contributed by atoms with E-state index in [9.17, 15) is 9.59 Å². The van der Waals surface area contributed by atoms with Crippen molar-refractivity contribution < 1.29 is 23.8 Å². The number of ether oxygens (including phenoxy) is 3. The minimum Gasteiger partial charge on any atom is -0.463 e. The molecular formula is C14H26O5. The van der Waals surface area contributed by atoms with Crippen molar-refractivity contribution in [1.29, 1.82) is 0 Å². The van der Waals surface area contributed by atoms with Crippen molar-refractivity contribution in [2.75, 3.05) is 13.2 Å². The highest BCUT2D eigenvalue weighted by molar-refractivity contribution is 5.69. The lowest BCUT2D eigenvalue weighted by Gasteiger charge is -2.20. The van der Waals surface area contributed by atoms with Gasteiger partial charge in [0.05, 0.1) is 6.10 Å². The maximum absolute atomic E-state index is 11.3. The molecule has 0 aromatic heterocycles. The van der Waals surface area contributed by atoms with Crippen molar-refractivity contribution >= 4 is 11.9 Å². The quantitative estimate of drug-likeness (QED) is 0.573. The molecule has 0 fully saturated rings. The number of hydrogen-bond donors (Lipinski definition) is 0. The third kappa shape index (κ3) is 10.5. The van der Waals surface area contributed by atoms with Crippen molar-refractivity contribution in [3.05, 3.63) is 0 Å². The molecule has 5 nitrogen and oxygen atoms in total.